The summed E-state index contributed by atoms with van der Waals surface area (Å²) in [5.41, 5.74) is 0.857. The number of sulfonamides is 1. The number of nitrogens with zero attached hydrogens (tertiary/aromatic N) is 3. The Bertz CT molecular complexity index is 1140. The molecule has 2 heterocycles. The van der Waals surface area contributed by atoms with Crippen molar-refractivity contribution in [3.05, 3.63) is 71.2 Å². The fourth-order valence-corrected chi connectivity index (χ4v) is 4.87. The Hall–Kier alpha value is -2.33. The standard InChI is InChI=1S/C20H18ClF2N3O3S/c21-15-3-1-14(2-4-15)18-12-24-20(29-18)13-25-7-9-26(10-8-25)30(27,28)19-6-5-16(22)11-17(19)23/h1-6,11-12H,7-10,13H2. The summed E-state index contributed by atoms with van der Waals surface area (Å²) in [7, 11) is -4.03. The smallest absolute Gasteiger partial charge is 0.246 e. The predicted octanol–water partition coefficient (Wildman–Crippen LogP) is 3.78. The Morgan fingerprint density at radius 1 is 1.03 bits per heavy atom. The van der Waals surface area contributed by atoms with Crippen LogP contribution in [0.15, 0.2) is 58.0 Å². The minimum Gasteiger partial charge on any atom is -0.439 e. The summed E-state index contributed by atoms with van der Waals surface area (Å²) in [5, 5.41) is 0.631. The van der Waals surface area contributed by atoms with Crippen LogP contribution in [-0.2, 0) is 16.6 Å². The van der Waals surface area contributed by atoms with Gasteiger partial charge >= 0.3 is 0 Å². The summed E-state index contributed by atoms with van der Waals surface area (Å²) >= 11 is 5.89. The Kier molecular flexibility index (Phi) is 5.88. The number of hydrogen-bond donors (Lipinski definition) is 0. The van der Waals surface area contributed by atoms with Crippen LogP contribution in [0.25, 0.3) is 11.3 Å². The van der Waals surface area contributed by atoms with Gasteiger partial charge in [-0.15, -0.1) is 0 Å². The van der Waals surface area contributed by atoms with E-state index in [9.17, 15) is 17.2 Å². The Labute approximate surface area is 177 Å². The second-order valence-corrected chi connectivity index (χ2v) is 9.22. The van der Waals surface area contributed by atoms with E-state index in [-0.39, 0.29) is 13.1 Å². The van der Waals surface area contributed by atoms with Crippen LogP contribution in [0.5, 0.6) is 0 Å². The molecule has 1 saturated heterocycles. The number of benzene rings is 2. The molecule has 1 aliphatic heterocycles. The number of aromatic nitrogens is 1. The average molecular weight is 454 g/mol. The number of oxazole rings is 1. The maximum Gasteiger partial charge on any atom is 0.246 e. The molecule has 4 rings (SSSR count). The lowest BCUT2D eigenvalue weighted by molar-refractivity contribution is 0.168. The van der Waals surface area contributed by atoms with E-state index in [4.69, 9.17) is 16.0 Å². The van der Waals surface area contributed by atoms with Gasteiger partial charge in [-0.1, -0.05) is 11.6 Å². The van der Waals surface area contributed by atoms with Gasteiger partial charge in [0.15, 0.2) is 5.76 Å². The first kappa shape index (κ1) is 20.9. The zero-order valence-corrected chi connectivity index (χ0v) is 17.3. The van der Waals surface area contributed by atoms with Crippen LogP contribution in [0.2, 0.25) is 5.02 Å². The van der Waals surface area contributed by atoms with Gasteiger partial charge in [0.05, 0.1) is 12.7 Å². The van der Waals surface area contributed by atoms with E-state index < -0.39 is 26.6 Å². The summed E-state index contributed by atoms with van der Waals surface area (Å²) in [6.45, 7) is 1.65. The van der Waals surface area contributed by atoms with Crippen molar-refractivity contribution >= 4 is 21.6 Å². The molecule has 0 amide bonds. The molecule has 1 fully saturated rings. The molecule has 0 spiro atoms. The predicted molar refractivity (Wildman–Crippen MR) is 107 cm³/mol. The molecular weight excluding hydrogens is 436 g/mol. The largest absolute Gasteiger partial charge is 0.439 e. The maximum atomic E-state index is 13.9. The van der Waals surface area contributed by atoms with Crippen molar-refractivity contribution in [2.24, 2.45) is 0 Å². The first-order valence-corrected chi connectivity index (χ1v) is 11.0. The molecule has 0 bridgehead atoms. The van der Waals surface area contributed by atoms with Crippen molar-refractivity contribution in [2.45, 2.75) is 11.4 Å². The molecule has 2 aromatic carbocycles. The highest BCUT2D eigenvalue weighted by Gasteiger charge is 2.31. The first-order valence-electron chi connectivity index (χ1n) is 9.21. The molecule has 0 saturated carbocycles. The van der Waals surface area contributed by atoms with Gasteiger partial charge < -0.3 is 4.42 Å². The number of halogens is 3. The molecule has 0 atom stereocenters. The Morgan fingerprint density at radius 2 is 1.73 bits per heavy atom. The molecular formula is C20H18ClF2N3O3S. The topological polar surface area (TPSA) is 66.7 Å². The lowest BCUT2D eigenvalue weighted by atomic mass is 10.2. The minimum atomic E-state index is -4.03. The third-order valence-corrected chi connectivity index (χ3v) is 7.07. The molecule has 0 N–H and O–H groups in total. The Balaban J connectivity index is 1.38. The quantitative estimate of drug-likeness (QED) is 0.588. The van der Waals surface area contributed by atoms with Gasteiger partial charge in [0.2, 0.25) is 15.9 Å². The van der Waals surface area contributed by atoms with Crippen LogP contribution in [0.1, 0.15) is 5.89 Å². The van der Waals surface area contributed by atoms with Gasteiger partial charge in [-0.05, 0) is 36.4 Å². The summed E-state index contributed by atoms with van der Waals surface area (Å²) in [6.07, 6.45) is 1.64. The van der Waals surface area contributed by atoms with Gasteiger partial charge in [-0.2, -0.15) is 4.31 Å². The van der Waals surface area contributed by atoms with Crippen molar-refractivity contribution in [2.75, 3.05) is 26.2 Å². The molecule has 0 radical (unpaired) electrons. The van der Waals surface area contributed by atoms with Gasteiger partial charge in [0.25, 0.3) is 0 Å². The molecule has 158 valence electrons. The van der Waals surface area contributed by atoms with Crippen molar-refractivity contribution in [3.8, 4) is 11.3 Å². The van der Waals surface area contributed by atoms with Gasteiger partial charge in [-0.3, -0.25) is 4.90 Å². The van der Waals surface area contributed by atoms with Crippen LogP contribution < -0.4 is 0 Å². The summed E-state index contributed by atoms with van der Waals surface area (Å²) in [5.74, 6) is -0.775. The number of hydrogen-bond acceptors (Lipinski definition) is 5. The van der Waals surface area contributed by atoms with E-state index in [1.165, 1.54) is 4.31 Å². The minimum absolute atomic E-state index is 0.184. The molecule has 1 aromatic heterocycles. The van der Waals surface area contributed by atoms with Crippen LogP contribution in [-0.4, -0.2) is 48.8 Å². The van der Waals surface area contributed by atoms with Crippen molar-refractivity contribution < 1.29 is 21.6 Å². The van der Waals surface area contributed by atoms with E-state index in [0.29, 0.717) is 42.4 Å². The van der Waals surface area contributed by atoms with Crippen LogP contribution >= 0.6 is 11.6 Å². The molecule has 6 nitrogen and oxygen atoms in total. The van der Waals surface area contributed by atoms with Crippen molar-refractivity contribution in [1.82, 2.24) is 14.2 Å². The lowest BCUT2D eigenvalue weighted by Crippen LogP contribution is -2.48. The van der Waals surface area contributed by atoms with Gasteiger partial charge in [0, 0.05) is 42.8 Å². The monoisotopic (exact) mass is 453 g/mol. The SMILES string of the molecule is O=S(=O)(c1ccc(F)cc1F)N1CCN(Cc2ncc(-c3ccc(Cl)cc3)o2)CC1. The third kappa shape index (κ3) is 4.39. The van der Waals surface area contributed by atoms with E-state index >= 15 is 0 Å². The number of rotatable bonds is 5. The zero-order chi connectivity index (χ0) is 21.3. The van der Waals surface area contributed by atoms with Crippen LogP contribution in [0.3, 0.4) is 0 Å². The number of piperazine rings is 1. The molecule has 3 aromatic rings. The summed E-state index contributed by atoms with van der Waals surface area (Å²) in [4.78, 5) is 5.77. The second-order valence-electron chi connectivity index (χ2n) is 6.88. The van der Waals surface area contributed by atoms with Crippen molar-refractivity contribution in [1.29, 1.82) is 0 Å². The van der Waals surface area contributed by atoms with E-state index in [1.54, 1.807) is 18.3 Å². The highest BCUT2D eigenvalue weighted by atomic mass is 35.5. The van der Waals surface area contributed by atoms with Crippen LogP contribution in [0.4, 0.5) is 8.78 Å². The fourth-order valence-electron chi connectivity index (χ4n) is 3.27. The van der Waals surface area contributed by atoms with Gasteiger partial charge in [-0.25, -0.2) is 22.2 Å². The highest BCUT2D eigenvalue weighted by molar-refractivity contribution is 7.89. The molecule has 0 unspecified atom stereocenters. The summed E-state index contributed by atoms with van der Waals surface area (Å²) < 4.78 is 59.4. The third-order valence-electron chi connectivity index (χ3n) is 4.88. The van der Waals surface area contributed by atoms with E-state index in [2.05, 4.69) is 4.98 Å². The lowest BCUT2D eigenvalue weighted by Gasteiger charge is -2.33. The van der Waals surface area contributed by atoms with E-state index in [1.807, 2.05) is 17.0 Å². The zero-order valence-electron chi connectivity index (χ0n) is 15.8. The van der Waals surface area contributed by atoms with Crippen LogP contribution in [0, 0.1) is 11.6 Å². The van der Waals surface area contributed by atoms with Crippen molar-refractivity contribution in [3.63, 3.8) is 0 Å². The summed E-state index contributed by atoms with van der Waals surface area (Å²) in [6, 6.07) is 9.68. The molecule has 30 heavy (non-hydrogen) atoms. The van der Waals surface area contributed by atoms with E-state index in [0.717, 1.165) is 17.7 Å². The molecule has 10 heteroatoms. The average Bonchev–Trinajstić information content (AvgIpc) is 3.17. The normalized spacial score (nSPS) is 16.1. The van der Waals surface area contributed by atoms with Gasteiger partial charge in [0.1, 0.15) is 16.5 Å². The fraction of sp³-hybridized carbons (Fsp3) is 0.250. The Morgan fingerprint density at radius 3 is 2.40 bits per heavy atom. The maximum absolute atomic E-state index is 13.9. The molecule has 0 aliphatic carbocycles. The first-order chi connectivity index (χ1) is 14.3. The highest BCUT2D eigenvalue weighted by Crippen LogP contribution is 2.24. The molecule has 1 aliphatic rings. The second kappa shape index (κ2) is 8.43.